The number of hydrogen-bond acceptors (Lipinski definition) is 6. The Bertz CT molecular complexity index is 885. The van der Waals surface area contributed by atoms with Crippen LogP contribution in [0.5, 0.6) is 0 Å². The highest BCUT2D eigenvalue weighted by atomic mass is 79.9. The Labute approximate surface area is 207 Å². The van der Waals surface area contributed by atoms with E-state index in [4.69, 9.17) is 0 Å². The summed E-state index contributed by atoms with van der Waals surface area (Å²) in [4.78, 5) is 23.5. The van der Waals surface area contributed by atoms with Crippen LogP contribution in [0.1, 0.15) is 25.7 Å². The largest absolute Gasteiger partial charge is 0.363 e. The van der Waals surface area contributed by atoms with E-state index in [1.54, 1.807) is 6.20 Å². The molecule has 0 saturated heterocycles. The molecule has 0 radical (unpaired) electrons. The molecule has 7 nitrogen and oxygen atoms in total. The molecule has 1 aromatic heterocycles. The number of anilines is 3. The van der Waals surface area contributed by atoms with Crippen molar-refractivity contribution in [2.45, 2.75) is 37.8 Å². The lowest BCUT2D eigenvalue weighted by molar-refractivity contribution is 0.217. The predicted molar refractivity (Wildman–Crippen MR) is 135 cm³/mol. The average Bonchev–Trinajstić information content (AvgIpc) is 2.70. The van der Waals surface area contributed by atoms with Gasteiger partial charge in [0.05, 0.1) is 5.69 Å². The van der Waals surface area contributed by atoms with Crippen LogP contribution in [0.4, 0.5) is 22.2 Å². The Kier molecular flexibility index (Phi) is 8.28. The van der Waals surface area contributed by atoms with Crippen molar-refractivity contribution in [2.24, 2.45) is 0 Å². The van der Waals surface area contributed by atoms with E-state index in [2.05, 4.69) is 81.2 Å². The van der Waals surface area contributed by atoms with Crippen molar-refractivity contribution in [1.82, 2.24) is 14.3 Å². The first-order valence-corrected chi connectivity index (χ1v) is 12.2. The summed E-state index contributed by atoms with van der Waals surface area (Å²) in [7, 11) is 3.91. The second-order valence-corrected chi connectivity index (χ2v) is 10.4. The number of halogens is 3. The Morgan fingerprint density at radius 3 is 2.37 bits per heavy atom. The summed E-state index contributed by atoms with van der Waals surface area (Å²) in [6, 6.07) is 5.73. The quantitative estimate of drug-likeness (QED) is 0.361. The minimum Gasteiger partial charge on any atom is -0.363 e. The lowest BCUT2D eigenvalue weighted by Crippen LogP contribution is -2.40. The molecule has 30 heavy (non-hydrogen) atoms. The van der Waals surface area contributed by atoms with Crippen molar-refractivity contribution in [3.8, 4) is 0 Å². The second-order valence-electron chi connectivity index (χ2n) is 7.30. The number of benzene rings is 1. The van der Waals surface area contributed by atoms with Crippen LogP contribution >= 0.6 is 60.6 Å². The normalized spacial score (nSPS) is 18.6. The monoisotopic (exact) mass is 620 g/mol. The van der Waals surface area contributed by atoms with Crippen molar-refractivity contribution in [3.63, 3.8) is 0 Å². The van der Waals surface area contributed by atoms with Gasteiger partial charge in [-0.25, -0.2) is 9.78 Å². The summed E-state index contributed by atoms with van der Waals surface area (Å²) in [6.07, 6.45) is 5.29. The Morgan fingerprint density at radius 2 is 1.77 bits per heavy atom. The van der Waals surface area contributed by atoms with Crippen LogP contribution in [0.2, 0.25) is 0 Å². The summed E-state index contributed by atoms with van der Waals surface area (Å²) in [6.45, 7) is 0. The molecular formula is C19H23Br3N6OS. The first-order valence-electron chi connectivity index (χ1n) is 9.45. The predicted octanol–water partition coefficient (Wildman–Crippen LogP) is 5.93. The first kappa shape index (κ1) is 23.6. The molecule has 0 aliphatic heterocycles. The van der Waals surface area contributed by atoms with Gasteiger partial charge >= 0.3 is 6.03 Å². The second kappa shape index (κ2) is 10.5. The molecule has 1 saturated carbocycles. The maximum Gasteiger partial charge on any atom is 0.331 e. The Hall–Kier alpha value is -1.04. The molecule has 2 N–H and O–H groups in total. The van der Waals surface area contributed by atoms with E-state index >= 15 is 0 Å². The van der Waals surface area contributed by atoms with Crippen LogP contribution in [0.25, 0.3) is 0 Å². The van der Waals surface area contributed by atoms with Crippen molar-refractivity contribution in [2.75, 3.05) is 29.6 Å². The topological polar surface area (TPSA) is 73.4 Å². The van der Waals surface area contributed by atoms with Gasteiger partial charge in [0.25, 0.3) is 0 Å². The van der Waals surface area contributed by atoms with Gasteiger partial charge in [0.2, 0.25) is 5.95 Å². The van der Waals surface area contributed by atoms with Gasteiger partial charge in [-0.1, -0.05) is 28.7 Å². The zero-order valence-corrected chi connectivity index (χ0v) is 22.2. The summed E-state index contributed by atoms with van der Waals surface area (Å²) < 4.78 is 3.98. The number of hydrogen-bond donors (Lipinski definition) is 3. The van der Waals surface area contributed by atoms with Gasteiger partial charge in [-0.15, -0.1) is 0 Å². The van der Waals surface area contributed by atoms with Gasteiger partial charge in [-0.3, -0.25) is 4.31 Å². The molecule has 11 heteroatoms. The molecule has 1 aromatic carbocycles. The van der Waals surface area contributed by atoms with Crippen LogP contribution in [-0.4, -0.2) is 46.5 Å². The number of carbonyl (C=O) groups excluding carboxylic acids is 1. The van der Waals surface area contributed by atoms with E-state index in [0.29, 0.717) is 11.6 Å². The molecule has 162 valence electrons. The number of nitrogens with zero attached hydrogens (tertiary/aromatic N) is 4. The standard InChI is InChI=1S/C19H23Br3N6OS/c1-27(2)16-7-8-23-18(25-16)24-12-3-5-13(6-4-12)28(30)19(29)26-17-14(21)9-11(20)10-15(17)22/h7-10,12-13,30H,3-6H2,1-2H3,(H,26,29)(H,23,24,25). The first-order chi connectivity index (χ1) is 14.2. The molecule has 1 heterocycles. The number of aromatic nitrogens is 2. The third-order valence-electron chi connectivity index (χ3n) is 4.92. The van der Waals surface area contributed by atoms with Gasteiger partial charge in [0.1, 0.15) is 5.82 Å². The zero-order chi connectivity index (χ0) is 21.8. The molecule has 2 amide bonds. The van der Waals surface area contributed by atoms with Gasteiger partial charge in [0.15, 0.2) is 0 Å². The van der Waals surface area contributed by atoms with Gasteiger partial charge < -0.3 is 15.5 Å². The maximum atomic E-state index is 12.7. The fraction of sp³-hybridized carbons (Fsp3) is 0.421. The number of urea groups is 1. The van der Waals surface area contributed by atoms with Crippen LogP contribution in [0.15, 0.2) is 37.8 Å². The molecule has 1 aliphatic carbocycles. The van der Waals surface area contributed by atoms with Crippen molar-refractivity contribution in [1.29, 1.82) is 0 Å². The highest BCUT2D eigenvalue weighted by Gasteiger charge is 2.28. The fourth-order valence-corrected chi connectivity index (χ4v) is 6.04. The lowest BCUT2D eigenvalue weighted by Gasteiger charge is -2.34. The van der Waals surface area contributed by atoms with Crippen LogP contribution in [0, 0.1) is 0 Å². The molecule has 2 aromatic rings. The van der Waals surface area contributed by atoms with E-state index in [0.717, 1.165) is 44.9 Å². The Balaban J connectivity index is 1.54. The minimum absolute atomic E-state index is 0.0633. The number of carbonyl (C=O) groups is 1. The van der Waals surface area contributed by atoms with Crippen LogP contribution < -0.4 is 15.5 Å². The van der Waals surface area contributed by atoms with Gasteiger partial charge in [-0.2, -0.15) is 4.98 Å². The minimum atomic E-state index is -0.250. The van der Waals surface area contributed by atoms with E-state index < -0.39 is 0 Å². The molecule has 0 spiro atoms. The third-order valence-corrected chi connectivity index (χ3v) is 7.14. The summed E-state index contributed by atoms with van der Waals surface area (Å²) in [5.74, 6) is 1.50. The van der Waals surface area contributed by atoms with E-state index in [1.165, 1.54) is 4.31 Å². The van der Waals surface area contributed by atoms with Gasteiger partial charge in [0, 0.05) is 45.8 Å². The average molecular weight is 623 g/mol. The molecule has 0 bridgehead atoms. The smallest absolute Gasteiger partial charge is 0.331 e. The van der Waals surface area contributed by atoms with E-state index in [9.17, 15) is 4.79 Å². The Morgan fingerprint density at radius 1 is 1.13 bits per heavy atom. The van der Waals surface area contributed by atoms with E-state index in [-0.39, 0.29) is 18.1 Å². The van der Waals surface area contributed by atoms with E-state index in [1.807, 2.05) is 37.2 Å². The SMILES string of the molecule is CN(C)c1ccnc(NC2CCC(N(S)C(=O)Nc3c(Br)cc(Br)cc3Br)CC2)n1. The summed E-state index contributed by atoms with van der Waals surface area (Å²) in [5, 5.41) is 6.34. The number of rotatable bonds is 5. The van der Waals surface area contributed by atoms with Crippen molar-refractivity contribution in [3.05, 3.63) is 37.8 Å². The van der Waals surface area contributed by atoms with Crippen LogP contribution in [-0.2, 0) is 0 Å². The van der Waals surface area contributed by atoms with Crippen molar-refractivity contribution < 1.29 is 4.79 Å². The lowest BCUT2D eigenvalue weighted by atomic mass is 9.91. The van der Waals surface area contributed by atoms with Crippen LogP contribution in [0.3, 0.4) is 0 Å². The maximum absolute atomic E-state index is 12.7. The number of nitrogens with one attached hydrogen (secondary N) is 2. The number of thiol groups is 1. The zero-order valence-electron chi connectivity index (χ0n) is 16.6. The molecule has 3 rings (SSSR count). The third kappa shape index (κ3) is 6.02. The highest BCUT2D eigenvalue weighted by molar-refractivity contribution is 9.11. The molecule has 1 aliphatic rings. The summed E-state index contributed by atoms with van der Waals surface area (Å²) in [5.41, 5.74) is 0.676. The molecular weight excluding hydrogens is 600 g/mol. The molecule has 1 fully saturated rings. The fourth-order valence-electron chi connectivity index (χ4n) is 3.31. The summed E-state index contributed by atoms with van der Waals surface area (Å²) >= 11 is 14.9. The molecule has 0 atom stereocenters. The van der Waals surface area contributed by atoms with Gasteiger partial charge in [-0.05, 0) is 75.7 Å². The van der Waals surface area contributed by atoms with Crippen molar-refractivity contribution >= 4 is 84.1 Å². The number of amides is 2. The highest BCUT2D eigenvalue weighted by Crippen LogP contribution is 2.35. The molecule has 0 unspecified atom stereocenters.